The molecule has 0 aromatic carbocycles. The summed E-state index contributed by atoms with van der Waals surface area (Å²) in [6.07, 6.45) is 2.61. The summed E-state index contributed by atoms with van der Waals surface area (Å²) in [5, 5.41) is 11.1. The first-order valence-corrected chi connectivity index (χ1v) is 5.90. The van der Waals surface area contributed by atoms with Gasteiger partial charge >= 0.3 is 5.97 Å². The van der Waals surface area contributed by atoms with Crippen LogP contribution in [0, 0.1) is 0 Å². The van der Waals surface area contributed by atoms with Crippen LogP contribution in [0.3, 0.4) is 0 Å². The van der Waals surface area contributed by atoms with E-state index >= 15 is 0 Å². The van der Waals surface area contributed by atoms with Gasteiger partial charge in [0.05, 0.1) is 6.61 Å². The molecule has 0 bridgehead atoms. The van der Waals surface area contributed by atoms with Crippen molar-refractivity contribution in [3.63, 3.8) is 0 Å². The van der Waals surface area contributed by atoms with Crippen molar-refractivity contribution >= 4 is 11.9 Å². The summed E-state index contributed by atoms with van der Waals surface area (Å²) in [5.41, 5.74) is -0.577. The van der Waals surface area contributed by atoms with Gasteiger partial charge in [0.15, 0.2) is 5.82 Å². The largest absolute Gasteiger partial charge is 0.465 e. The maximum atomic E-state index is 12.1. The van der Waals surface area contributed by atoms with E-state index in [9.17, 15) is 4.79 Å². The summed E-state index contributed by atoms with van der Waals surface area (Å²) < 4.78 is 6.99. The molecule has 6 nitrogen and oxygen atoms in total. The van der Waals surface area contributed by atoms with E-state index in [2.05, 4.69) is 15.5 Å². The number of hydrogen-bond acceptors (Lipinski definition) is 5. The van der Waals surface area contributed by atoms with E-state index in [4.69, 9.17) is 4.74 Å². The Balaban J connectivity index is 2.34. The topological polar surface area (TPSA) is 69.0 Å². The third-order valence-electron chi connectivity index (χ3n) is 3.40. The lowest BCUT2D eigenvalue weighted by Crippen LogP contribution is -2.45. The van der Waals surface area contributed by atoms with Crippen molar-refractivity contribution in [1.29, 1.82) is 0 Å². The minimum Gasteiger partial charge on any atom is -0.465 e. The fourth-order valence-corrected chi connectivity index (χ4v) is 2.28. The summed E-state index contributed by atoms with van der Waals surface area (Å²) in [7, 11) is 3.64. The predicted octanol–water partition coefficient (Wildman–Crippen LogP) is 0.842. The SMILES string of the molecule is CCOC(=O)C1(c2nnc(NC)n2C)CCC1. The minimum absolute atomic E-state index is 0.176. The van der Waals surface area contributed by atoms with Crippen LogP contribution >= 0.6 is 0 Å². The molecular formula is C11H18N4O2. The standard InChI is InChI=1S/C11H18N4O2/c1-4-17-9(16)11(6-5-7-11)8-13-14-10(12-2)15(8)3/h4-7H2,1-3H3,(H,12,14). The lowest BCUT2D eigenvalue weighted by molar-refractivity contribution is -0.154. The molecular weight excluding hydrogens is 220 g/mol. The normalized spacial score (nSPS) is 17.4. The fraction of sp³-hybridized carbons (Fsp3) is 0.727. The molecule has 6 heteroatoms. The van der Waals surface area contributed by atoms with Crippen molar-refractivity contribution in [2.24, 2.45) is 7.05 Å². The van der Waals surface area contributed by atoms with E-state index in [1.807, 2.05) is 18.5 Å². The van der Waals surface area contributed by atoms with Crippen molar-refractivity contribution in [3.05, 3.63) is 5.82 Å². The zero-order valence-electron chi connectivity index (χ0n) is 10.5. The van der Waals surface area contributed by atoms with Crippen LogP contribution in [0.4, 0.5) is 5.95 Å². The molecule has 0 amide bonds. The summed E-state index contributed by atoms with van der Waals surface area (Å²) in [6.45, 7) is 2.22. The van der Waals surface area contributed by atoms with Gasteiger partial charge < -0.3 is 10.1 Å². The van der Waals surface area contributed by atoms with E-state index < -0.39 is 5.41 Å². The van der Waals surface area contributed by atoms with Gasteiger partial charge in [-0.1, -0.05) is 6.42 Å². The van der Waals surface area contributed by atoms with Crippen molar-refractivity contribution < 1.29 is 9.53 Å². The lowest BCUT2D eigenvalue weighted by atomic mass is 9.68. The Hall–Kier alpha value is -1.59. The summed E-state index contributed by atoms with van der Waals surface area (Å²) in [6, 6.07) is 0. The molecule has 1 N–H and O–H groups in total. The first kappa shape index (κ1) is 11.9. The van der Waals surface area contributed by atoms with E-state index in [0.29, 0.717) is 18.4 Å². The van der Waals surface area contributed by atoms with Gasteiger partial charge in [0, 0.05) is 14.1 Å². The van der Waals surface area contributed by atoms with E-state index in [1.54, 1.807) is 7.05 Å². The molecule has 1 aliphatic carbocycles. The molecule has 2 rings (SSSR count). The van der Waals surface area contributed by atoms with Crippen LogP contribution in [0.25, 0.3) is 0 Å². The summed E-state index contributed by atoms with van der Waals surface area (Å²) >= 11 is 0. The van der Waals surface area contributed by atoms with Crippen molar-refractivity contribution in [2.45, 2.75) is 31.6 Å². The second kappa shape index (κ2) is 4.35. The molecule has 0 saturated heterocycles. The van der Waals surface area contributed by atoms with E-state index in [0.717, 1.165) is 19.3 Å². The molecule has 1 aliphatic rings. The number of anilines is 1. The average molecular weight is 238 g/mol. The second-order valence-corrected chi connectivity index (χ2v) is 4.31. The van der Waals surface area contributed by atoms with Gasteiger partial charge in [0.2, 0.25) is 5.95 Å². The average Bonchev–Trinajstić information content (AvgIpc) is 2.60. The van der Waals surface area contributed by atoms with Crippen LogP contribution in [0.15, 0.2) is 0 Å². The Morgan fingerprint density at radius 1 is 1.53 bits per heavy atom. The highest BCUT2D eigenvalue weighted by Crippen LogP contribution is 2.44. The molecule has 94 valence electrons. The van der Waals surface area contributed by atoms with Gasteiger partial charge in [-0.25, -0.2) is 0 Å². The maximum absolute atomic E-state index is 12.1. The Labute approximate surface area is 100 Å². The van der Waals surface area contributed by atoms with E-state index in [-0.39, 0.29) is 5.97 Å². The number of rotatable bonds is 4. The van der Waals surface area contributed by atoms with Crippen molar-refractivity contribution in [2.75, 3.05) is 19.0 Å². The number of nitrogens with one attached hydrogen (secondary N) is 1. The number of hydrogen-bond donors (Lipinski definition) is 1. The van der Waals surface area contributed by atoms with Crippen molar-refractivity contribution in [3.8, 4) is 0 Å². The van der Waals surface area contributed by atoms with Gasteiger partial charge in [0.25, 0.3) is 0 Å². The maximum Gasteiger partial charge on any atom is 0.319 e. The van der Waals surface area contributed by atoms with Gasteiger partial charge in [-0.15, -0.1) is 10.2 Å². The van der Waals surface area contributed by atoms with Gasteiger partial charge in [-0.2, -0.15) is 0 Å². The summed E-state index contributed by atoms with van der Waals surface area (Å²) in [4.78, 5) is 12.1. The van der Waals surface area contributed by atoms with Crippen LogP contribution in [-0.2, 0) is 22.0 Å². The van der Waals surface area contributed by atoms with Crippen LogP contribution in [0.1, 0.15) is 32.0 Å². The molecule has 1 aromatic rings. The van der Waals surface area contributed by atoms with Crippen molar-refractivity contribution in [1.82, 2.24) is 14.8 Å². The molecule has 1 aromatic heterocycles. The van der Waals surface area contributed by atoms with Crippen LogP contribution in [0.5, 0.6) is 0 Å². The molecule has 0 radical (unpaired) electrons. The minimum atomic E-state index is -0.577. The molecule has 1 fully saturated rings. The van der Waals surface area contributed by atoms with Crippen LogP contribution < -0.4 is 5.32 Å². The first-order chi connectivity index (χ1) is 8.15. The molecule has 1 saturated carbocycles. The number of ether oxygens (including phenoxy) is 1. The molecule has 0 aliphatic heterocycles. The lowest BCUT2D eigenvalue weighted by Gasteiger charge is -2.37. The van der Waals surface area contributed by atoms with E-state index in [1.165, 1.54) is 0 Å². The summed E-state index contributed by atoms with van der Waals surface area (Å²) in [5.74, 6) is 1.19. The molecule has 0 unspecified atom stereocenters. The third-order valence-corrected chi connectivity index (χ3v) is 3.40. The molecule has 0 spiro atoms. The number of nitrogens with zero attached hydrogens (tertiary/aromatic N) is 3. The Morgan fingerprint density at radius 3 is 2.65 bits per heavy atom. The van der Waals surface area contributed by atoms with Gasteiger partial charge in [-0.05, 0) is 19.8 Å². The Kier molecular flexibility index (Phi) is 3.04. The van der Waals surface area contributed by atoms with Crippen LogP contribution in [0.2, 0.25) is 0 Å². The Morgan fingerprint density at radius 2 is 2.24 bits per heavy atom. The number of esters is 1. The second-order valence-electron chi connectivity index (χ2n) is 4.31. The zero-order chi connectivity index (χ0) is 12.5. The van der Waals surface area contributed by atoms with Gasteiger partial charge in [-0.3, -0.25) is 9.36 Å². The monoisotopic (exact) mass is 238 g/mol. The van der Waals surface area contributed by atoms with Crippen LogP contribution in [-0.4, -0.2) is 34.4 Å². The Bertz CT molecular complexity index is 423. The molecule has 0 atom stereocenters. The smallest absolute Gasteiger partial charge is 0.319 e. The predicted molar refractivity (Wildman–Crippen MR) is 62.7 cm³/mol. The first-order valence-electron chi connectivity index (χ1n) is 5.90. The number of carbonyl (C=O) groups is 1. The van der Waals surface area contributed by atoms with Gasteiger partial charge in [0.1, 0.15) is 5.41 Å². The fourth-order valence-electron chi connectivity index (χ4n) is 2.28. The number of carbonyl (C=O) groups excluding carboxylic acids is 1. The highest BCUT2D eigenvalue weighted by molar-refractivity contribution is 5.83. The zero-order valence-corrected chi connectivity index (χ0v) is 10.5. The number of aromatic nitrogens is 3. The third kappa shape index (κ3) is 1.67. The molecule has 17 heavy (non-hydrogen) atoms. The highest BCUT2D eigenvalue weighted by atomic mass is 16.5. The highest BCUT2D eigenvalue weighted by Gasteiger charge is 2.50. The quantitative estimate of drug-likeness (QED) is 0.787. The molecule has 1 heterocycles.